The van der Waals surface area contributed by atoms with Crippen LogP contribution in [0.2, 0.25) is 5.02 Å². The number of hydrogen-bond acceptors (Lipinski definition) is 1. The molecule has 0 radical (unpaired) electrons. The summed E-state index contributed by atoms with van der Waals surface area (Å²) in [5.41, 5.74) is 4.81. The van der Waals surface area contributed by atoms with Crippen LogP contribution in [-0.2, 0) is 0 Å². The van der Waals surface area contributed by atoms with Crippen LogP contribution >= 0.6 is 11.6 Å². The third-order valence-corrected chi connectivity index (χ3v) is 3.85. The van der Waals surface area contributed by atoms with Crippen molar-refractivity contribution in [2.24, 2.45) is 0 Å². The minimum Gasteiger partial charge on any atom is -0.310 e. The van der Waals surface area contributed by atoms with Gasteiger partial charge in [-0.1, -0.05) is 60.5 Å². The minimum absolute atomic E-state index is 0.286. The molecule has 2 aromatic rings. The number of nitrogens with one attached hydrogen (secondary N) is 1. The maximum absolute atomic E-state index is 6.45. The first-order valence-electron chi connectivity index (χ1n) is 7.21. The molecule has 2 aromatic carbocycles. The molecule has 1 N–H and O–H groups in total. The second-order valence-corrected chi connectivity index (χ2v) is 5.69. The monoisotopic (exact) mass is 287 g/mol. The Morgan fingerprint density at radius 3 is 2.50 bits per heavy atom. The van der Waals surface area contributed by atoms with Crippen LogP contribution < -0.4 is 5.32 Å². The molecule has 0 saturated carbocycles. The lowest BCUT2D eigenvalue weighted by molar-refractivity contribution is 0.571. The van der Waals surface area contributed by atoms with E-state index in [0.29, 0.717) is 0 Å². The quantitative estimate of drug-likeness (QED) is 0.779. The van der Waals surface area contributed by atoms with Crippen LogP contribution in [-0.4, -0.2) is 6.54 Å². The van der Waals surface area contributed by atoms with E-state index in [-0.39, 0.29) is 6.04 Å². The smallest absolute Gasteiger partial charge is 0.0459 e. The second-order valence-electron chi connectivity index (χ2n) is 5.28. The average molecular weight is 288 g/mol. The number of aryl methyl sites for hydroxylation is 1. The Labute approximate surface area is 127 Å². The Kier molecular flexibility index (Phi) is 5.22. The van der Waals surface area contributed by atoms with Gasteiger partial charge in [0, 0.05) is 11.1 Å². The predicted octanol–water partition coefficient (Wildman–Crippen LogP) is 5.38. The van der Waals surface area contributed by atoms with Gasteiger partial charge in [0.2, 0.25) is 0 Å². The van der Waals surface area contributed by atoms with Gasteiger partial charge in [-0.05, 0) is 49.6 Å². The molecule has 0 amide bonds. The Balaban J connectivity index is 2.25. The van der Waals surface area contributed by atoms with E-state index in [1.807, 2.05) is 0 Å². The molecule has 0 aliphatic heterocycles. The number of benzene rings is 2. The summed E-state index contributed by atoms with van der Waals surface area (Å²) in [6.45, 7) is 7.44. The summed E-state index contributed by atoms with van der Waals surface area (Å²) in [7, 11) is 0. The van der Waals surface area contributed by atoms with Gasteiger partial charge in [0.05, 0.1) is 0 Å². The van der Waals surface area contributed by atoms with E-state index in [2.05, 4.69) is 68.6 Å². The first-order valence-corrected chi connectivity index (χ1v) is 7.59. The standard InChI is InChI=1S/C18H22ClN/c1-4-10-20-14(3)17-9-8-16(12-18(17)19)15-7-5-6-13(2)11-15/h5-9,11-12,14,20H,4,10H2,1-3H3. The third-order valence-electron chi connectivity index (χ3n) is 3.52. The van der Waals surface area contributed by atoms with E-state index in [9.17, 15) is 0 Å². The van der Waals surface area contributed by atoms with Crippen LogP contribution in [0.1, 0.15) is 37.4 Å². The summed E-state index contributed by atoms with van der Waals surface area (Å²) in [5, 5.41) is 4.31. The highest BCUT2D eigenvalue weighted by atomic mass is 35.5. The summed E-state index contributed by atoms with van der Waals surface area (Å²) in [4.78, 5) is 0. The second kappa shape index (κ2) is 6.92. The molecule has 2 rings (SSSR count). The van der Waals surface area contributed by atoms with Crippen LogP contribution in [0.5, 0.6) is 0 Å². The van der Waals surface area contributed by atoms with Crippen molar-refractivity contribution in [3.63, 3.8) is 0 Å². The SMILES string of the molecule is CCCNC(C)c1ccc(-c2cccc(C)c2)cc1Cl. The zero-order valence-corrected chi connectivity index (χ0v) is 13.2. The minimum atomic E-state index is 0.286. The van der Waals surface area contributed by atoms with E-state index >= 15 is 0 Å². The van der Waals surface area contributed by atoms with E-state index < -0.39 is 0 Å². The molecule has 106 valence electrons. The van der Waals surface area contributed by atoms with E-state index in [1.165, 1.54) is 16.7 Å². The molecule has 20 heavy (non-hydrogen) atoms. The van der Waals surface area contributed by atoms with Gasteiger partial charge >= 0.3 is 0 Å². The van der Waals surface area contributed by atoms with E-state index in [1.54, 1.807) is 0 Å². The Bertz CT molecular complexity index is 577. The molecular weight excluding hydrogens is 266 g/mol. The average Bonchev–Trinajstić information content (AvgIpc) is 2.44. The van der Waals surface area contributed by atoms with Gasteiger partial charge < -0.3 is 5.32 Å². The predicted molar refractivity (Wildman–Crippen MR) is 88.3 cm³/mol. The van der Waals surface area contributed by atoms with Crippen LogP contribution in [0.15, 0.2) is 42.5 Å². The molecule has 1 unspecified atom stereocenters. The fraction of sp³-hybridized carbons (Fsp3) is 0.333. The normalized spacial score (nSPS) is 12.4. The molecule has 0 aliphatic carbocycles. The molecule has 2 heteroatoms. The Hall–Kier alpha value is -1.31. The largest absolute Gasteiger partial charge is 0.310 e. The lowest BCUT2D eigenvalue weighted by Crippen LogP contribution is -2.19. The van der Waals surface area contributed by atoms with Gasteiger partial charge in [0.15, 0.2) is 0 Å². The van der Waals surface area contributed by atoms with Gasteiger partial charge in [-0.3, -0.25) is 0 Å². The van der Waals surface area contributed by atoms with Crippen LogP contribution in [0, 0.1) is 6.92 Å². The molecule has 0 spiro atoms. The van der Waals surface area contributed by atoms with Crippen molar-refractivity contribution in [1.29, 1.82) is 0 Å². The van der Waals surface area contributed by atoms with Crippen molar-refractivity contribution in [2.45, 2.75) is 33.2 Å². The zero-order valence-electron chi connectivity index (χ0n) is 12.4. The van der Waals surface area contributed by atoms with Gasteiger partial charge in [0.25, 0.3) is 0 Å². The first kappa shape index (κ1) is 15.1. The Morgan fingerprint density at radius 2 is 1.85 bits per heavy atom. The van der Waals surface area contributed by atoms with Crippen molar-refractivity contribution in [1.82, 2.24) is 5.32 Å². The van der Waals surface area contributed by atoms with Crippen LogP contribution in [0.3, 0.4) is 0 Å². The van der Waals surface area contributed by atoms with Gasteiger partial charge in [-0.15, -0.1) is 0 Å². The van der Waals surface area contributed by atoms with Crippen molar-refractivity contribution < 1.29 is 0 Å². The highest BCUT2D eigenvalue weighted by Crippen LogP contribution is 2.29. The molecule has 0 bridgehead atoms. The summed E-state index contributed by atoms with van der Waals surface area (Å²) in [6, 6.07) is 15.1. The summed E-state index contributed by atoms with van der Waals surface area (Å²) >= 11 is 6.45. The van der Waals surface area contributed by atoms with Gasteiger partial charge in [-0.2, -0.15) is 0 Å². The molecular formula is C18H22ClN. The lowest BCUT2D eigenvalue weighted by atomic mass is 10.00. The molecule has 1 atom stereocenters. The van der Waals surface area contributed by atoms with Gasteiger partial charge in [0.1, 0.15) is 0 Å². The lowest BCUT2D eigenvalue weighted by Gasteiger charge is -2.16. The van der Waals surface area contributed by atoms with Crippen molar-refractivity contribution in [2.75, 3.05) is 6.54 Å². The fourth-order valence-electron chi connectivity index (χ4n) is 2.35. The van der Waals surface area contributed by atoms with E-state index in [4.69, 9.17) is 11.6 Å². The van der Waals surface area contributed by atoms with Gasteiger partial charge in [-0.25, -0.2) is 0 Å². The van der Waals surface area contributed by atoms with Crippen molar-refractivity contribution in [3.8, 4) is 11.1 Å². The summed E-state index contributed by atoms with van der Waals surface area (Å²) in [6.07, 6.45) is 1.13. The van der Waals surface area contributed by atoms with Crippen molar-refractivity contribution in [3.05, 3.63) is 58.6 Å². The third kappa shape index (κ3) is 3.62. The Morgan fingerprint density at radius 1 is 1.10 bits per heavy atom. The number of hydrogen-bond donors (Lipinski definition) is 1. The zero-order chi connectivity index (χ0) is 14.5. The number of rotatable bonds is 5. The first-order chi connectivity index (χ1) is 9.61. The highest BCUT2D eigenvalue weighted by Gasteiger charge is 2.10. The van der Waals surface area contributed by atoms with Crippen LogP contribution in [0.25, 0.3) is 11.1 Å². The maximum atomic E-state index is 6.45. The summed E-state index contributed by atoms with van der Waals surface area (Å²) < 4.78 is 0. The molecule has 1 nitrogen and oxygen atoms in total. The molecule has 0 fully saturated rings. The summed E-state index contributed by atoms with van der Waals surface area (Å²) in [5.74, 6) is 0. The van der Waals surface area contributed by atoms with Crippen LogP contribution in [0.4, 0.5) is 0 Å². The molecule has 0 aliphatic rings. The van der Waals surface area contributed by atoms with E-state index in [0.717, 1.165) is 23.6 Å². The maximum Gasteiger partial charge on any atom is 0.0459 e. The molecule has 0 aromatic heterocycles. The number of halogens is 1. The fourth-order valence-corrected chi connectivity index (χ4v) is 2.70. The van der Waals surface area contributed by atoms with Crippen molar-refractivity contribution >= 4 is 11.6 Å². The topological polar surface area (TPSA) is 12.0 Å². The highest BCUT2D eigenvalue weighted by molar-refractivity contribution is 6.31. The molecule has 0 saturated heterocycles. The molecule has 0 heterocycles.